The van der Waals surface area contributed by atoms with E-state index in [0.29, 0.717) is 12.4 Å². The molecule has 6 heteroatoms. The van der Waals surface area contributed by atoms with Crippen molar-refractivity contribution in [1.82, 2.24) is 14.3 Å². The normalized spacial score (nSPS) is 22.1. The SMILES string of the molecule is Cc1cc(C)nc([C@H]2CCCCN2S(C)(=O)=O)n1. The van der Waals surface area contributed by atoms with Crippen molar-refractivity contribution in [3.8, 4) is 0 Å². The zero-order valence-corrected chi connectivity index (χ0v) is 11.9. The van der Waals surface area contributed by atoms with Gasteiger partial charge in [-0.1, -0.05) is 6.42 Å². The second kappa shape index (κ2) is 4.93. The van der Waals surface area contributed by atoms with E-state index in [4.69, 9.17) is 0 Å². The van der Waals surface area contributed by atoms with Gasteiger partial charge in [0.15, 0.2) is 0 Å². The predicted molar refractivity (Wildman–Crippen MR) is 69.6 cm³/mol. The molecule has 0 spiro atoms. The van der Waals surface area contributed by atoms with Gasteiger partial charge in [-0.05, 0) is 32.8 Å². The van der Waals surface area contributed by atoms with E-state index in [1.54, 1.807) is 0 Å². The fraction of sp³-hybridized carbons (Fsp3) is 0.667. The minimum atomic E-state index is -3.20. The predicted octanol–water partition coefficient (Wildman–Crippen LogP) is 1.58. The molecule has 1 fully saturated rings. The lowest BCUT2D eigenvalue weighted by Gasteiger charge is -2.32. The van der Waals surface area contributed by atoms with Gasteiger partial charge < -0.3 is 0 Å². The van der Waals surface area contributed by atoms with Crippen LogP contribution in [0.3, 0.4) is 0 Å². The van der Waals surface area contributed by atoms with Gasteiger partial charge in [0.25, 0.3) is 0 Å². The molecule has 2 heterocycles. The number of aromatic nitrogens is 2. The van der Waals surface area contributed by atoms with Gasteiger partial charge in [0.1, 0.15) is 5.82 Å². The highest BCUT2D eigenvalue weighted by molar-refractivity contribution is 7.88. The molecule has 0 N–H and O–H groups in total. The Kier molecular flexibility index (Phi) is 3.68. The summed E-state index contributed by atoms with van der Waals surface area (Å²) < 4.78 is 25.2. The van der Waals surface area contributed by atoms with E-state index in [9.17, 15) is 8.42 Å². The van der Waals surface area contributed by atoms with Crippen LogP contribution in [0, 0.1) is 13.8 Å². The first-order valence-corrected chi connectivity index (χ1v) is 8.02. The molecule has 0 amide bonds. The Balaban J connectivity index is 2.40. The number of hydrogen-bond donors (Lipinski definition) is 0. The van der Waals surface area contributed by atoms with Crippen molar-refractivity contribution in [2.45, 2.75) is 39.2 Å². The van der Waals surface area contributed by atoms with E-state index in [1.165, 1.54) is 10.6 Å². The third-order valence-corrected chi connectivity index (χ3v) is 4.47. The third-order valence-electron chi connectivity index (χ3n) is 3.18. The summed E-state index contributed by atoms with van der Waals surface area (Å²) in [5.74, 6) is 0.637. The Bertz CT molecular complexity index is 522. The van der Waals surface area contributed by atoms with Crippen LogP contribution in [0.5, 0.6) is 0 Å². The molecule has 0 saturated carbocycles. The molecular weight excluding hydrogens is 250 g/mol. The minimum Gasteiger partial charge on any atom is -0.236 e. The number of rotatable bonds is 2. The smallest absolute Gasteiger partial charge is 0.211 e. The highest BCUT2D eigenvalue weighted by Crippen LogP contribution is 2.30. The molecule has 1 atom stereocenters. The van der Waals surface area contributed by atoms with Gasteiger partial charge in [-0.3, -0.25) is 0 Å². The summed E-state index contributed by atoms with van der Waals surface area (Å²) >= 11 is 0. The Hall–Kier alpha value is -1.01. The van der Waals surface area contributed by atoms with Crippen molar-refractivity contribution < 1.29 is 8.42 Å². The molecular formula is C12H19N3O2S. The standard InChI is InChI=1S/C12H19N3O2S/c1-9-8-10(2)14-12(13-9)11-6-4-5-7-15(11)18(3,16)17/h8,11H,4-7H2,1-3H3/t11-/m1/s1. The molecule has 5 nitrogen and oxygen atoms in total. The molecule has 100 valence electrons. The Morgan fingerprint density at radius 1 is 1.22 bits per heavy atom. The fourth-order valence-electron chi connectivity index (χ4n) is 2.46. The van der Waals surface area contributed by atoms with Crippen LogP contribution in [0.15, 0.2) is 6.07 Å². The van der Waals surface area contributed by atoms with E-state index in [2.05, 4.69) is 9.97 Å². The highest BCUT2D eigenvalue weighted by atomic mass is 32.2. The first-order chi connectivity index (χ1) is 8.38. The number of piperidine rings is 1. The zero-order chi connectivity index (χ0) is 13.3. The first kappa shape index (κ1) is 13.4. The lowest BCUT2D eigenvalue weighted by atomic mass is 10.0. The number of aryl methyl sites for hydroxylation is 2. The van der Waals surface area contributed by atoms with Crippen LogP contribution in [-0.2, 0) is 10.0 Å². The summed E-state index contributed by atoms with van der Waals surface area (Å²) in [5, 5.41) is 0. The molecule has 0 aliphatic carbocycles. The molecule has 1 aliphatic rings. The summed E-state index contributed by atoms with van der Waals surface area (Å²) in [6.45, 7) is 4.39. The topological polar surface area (TPSA) is 63.2 Å². The Morgan fingerprint density at radius 3 is 2.39 bits per heavy atom. The molecule has 0 aromatic carbocycles. The summed E-state index contributed by atoms with van der Waals surface area (Å²) in [6.07, 6.45) is 3.99. The van der Waals surface area contributed by atoms with Crippen LogP contribution >= 0.6 is 0 Å². The first-order valence-electron chi connectivity index (χ1n) is 6.17. The molecule has 0 bridgehead atoms. The second-order valence-corrected chi connectivity index (χ2v) is 6.83. The Labute approximate surface area is 108 Å². The van der Waals surface area contributed by atoms with Gasteiger partial charge in [-0.2, -0.15) is 4.31 Å². The quantitative estimate of drug-likeness (QED) is 0.817. The number of hydrogen-bond acceptors (Lipinski definition) is 4. The molecule has 1 aromatic rings. The van der Waals surface area contributed by atoms with Gasteiger partial charge in [0.2, 0.25) is 10.0 Å². The van der Waals surface area contributed by atoms with Crippen LogP contribution in [0.4, 0.5) is 0 Å². The highest BCUT2D eigenvalue weighted by Gasteiger charge is 2.32. The van der Waals surface area contributed by atoms with Crippen LogP contribution in [0.25, 0.3) is 0 Å². The van der Waals surface area contributed by atoms with Crippen molar-refractivity contribution in [3.63, 3.8) is 0 Å². The van der Waals surface area contributed by atoms with Crippen LogP contribution in [-0.4, -0.2) is 35.5 Å². The van der Waals surface area contributed by atoms with Crippen molar-refractivity contribution in [1.29, 1.82) is 0 Å². The fourth-order valence-corrected chi connectivity index (χ4v) is 3.58. The van der Waals surface area contributed by atoms with E-state index in [1.807, 2.05) is 19.9 Å². The molecule has 1 saturated heterocycles. The maximum absolute atomic E-state index is 11.8. The van der Waals surface area contributed by atoms with Gasteiger partial charge in [0, 0.05) is 17.9 Å². The summed E-state index contributed by atoms with van der Waals surface area (Å²) in [4.78, 5) is 8.81. The average molecular weight is 269 g/mol. The van der Waals surface area contributed by atoms with E-state index < -0.39 is 10.0 Å². The van der Waals surface area contributed by atoms with Crippen molar-refractivity contribution in [3.05, 3.63) is 23.3 Å². The van der Waals surface area contributed by atoms with E-state index in [-0.39, 0.29) is 6.04 Å². The summed E-state index contributed by atoms with van der Waals surface area (Å²) in [6, 6.07) is 1.70. The molecule has 18 heavy (non-hydrogen) atoms. The van der Waals surface area contributed by atoms with Crippen LogP contribution in [0.1, 0.15) is 42.5 Å². The van der Waals surface area contributed by atoms with Gasteiger partial charge in [-0.15, -0.1) is 0 Å². The van der Waals surface area contributed by atoms with Crippen LogP contribution in [0.2, 0.25) is 0 Å². The zero-order valence-electron chi connectivity index (χ0n) is 11.0. The van der Waals surface area contributed by atoms with Crippen molar-refractivity contribution in [2.24, 2.45) is 0 Å². The largest absolute Gasteiger partial charge is 0.236 e. The maximum Gasteiger partial charge on any atom is 0.211 e. The average Bonchev–Trinajstić information content (AvgIpc) is 2.26. The lowest BCUT2D eigenvalue weighted by Crippen LogP contribution is -2.38. The minimum absolute atomic E-state index is 0.202. The molecule has 0 unspecified atom stereocenters. The van der Waals surface area contributed by atoms with Gasteiger partial charge in [-0.25, -0.2) is 18.4 Å². The molecule has 1 aromatic heterocycles. The van der Waals surface area contributed by atoms with E-state index >= 15 is 0 Å². The van der Waals surface area contributed by atoms with Gasteiger partial charge >= 0.3 is 0 Å². The monoisotopic (exact) mass is 269 g/mol. The number of nitrogens with zero attached hydrogens (tertiary/aromatic N) is 3. The molecule has 2 rings (SSSR count). The third kappa shape index (κ3) is 2.87. The van der Waals surface area contributed by atoms with E-state index in [0.717, 1.165) is 30.7 Å². The summed E-state index contributed by atoms with van der Waals surface area (Å²) in [5.41, 5.74) is 1.77. The lowest BCUT2D eigenvalue weighted by molar-refractivity contribution is 0.247. The van der Waals surface area contributed by atoms with Crippen molar-refractivity contribution in [2.75, 3.05) is 12.8 Å². The Morgan fingerprint density at radius 2 is 1.83 bits per heavy atom. The molecule has 1 aliphatic heterocycles. The second-order valence-electron chi connectivity index (χ2n) is 4.89. The van der Waals surface area contributed by atoms with Crippen molar-refractivity contribution >= 4 is 10.0 Å². The molecule has 0 radical (unpaired) electrons. The van der Waals surface area contributed by atoms with Crippen LogP contribution < -0.4 is 0 Å². The summed E-state index contributed by atoms with van der Waals surface area (Å²) in [7, 11) is -3.20. The van der Waals surface area contributed by atoms with Gasteiger partial charge in [0.05, 0.1) is 12.3 Å². The number of sulfonamides is 1. The maximum atomic E-state index is 11.8.